The van der Waals surface area contributed by atoms with E-state index in [-0.39, 0.29) is 12.0 Å². The highest BCUT2D eigenvalue weighted by Gasteiger charge is 2.41. The smallest absolute Gasteiger partial charge is 0.260 e. The van der Waals surface area contributed by atoms with Crippen LogP contribution in [0.25, 0.3) is 5.57 Å². The van der Waals surface area contributed by atoms with Crippen LogP contribution in [-0.4, -0.2) is 15.7 Å². The van der Waals surface area contributed by atoms with Gasteiger partial charge in [0.25, 0.3) is 5.92 Å². The summed E-state index contributed by atoms with van der Waals surface area (Å²) >= 11 is 12.0. The Morgan fingerprint density at radius 1 is 1.36 bits per heavy atom. The topological polar surface area (TPSA) is 17.8 Å². The van der Waals surface area contributed by atoms with Gasteiger partial charge in [0.2, 0.25) is 0 Å². The van der Waals surface area contributed by atoms with Gasteiger partial charge in [0.1, 0.15) is 0 Å². The molecule has 2 aromatic rings. The molecule has 6 heteroatoms. The van der Waals surface area contributed by atoms with Gasteiger partial charge >= 0.3 is 0 Å². The van der Waals surface area contributed by atoms with E-state index in [0.717, 1.165) is 11.1 Å². The molecular weight excluding hydrogens is 329 g/mol. The Balaban J connectivity index is 2.03. The fourth-order valence-electron chi connectivity index (χ4n) is 2.70. The molecule has 0 atom stereocenters. The highest BCUT2D eigenvalue weighted by molar-refractivity contribution is 6.35. The summed E-state index contributed by atoms with van der Waals surface area (Å²) in [5.74, 6) is -2.88. The third-order valence-corrected chi connectivity index (χ3v) is 4.40. The fourth-order valence-corrected chi connectivity index (χ4v) is 3.16. The van der Waals surface area contributed by atoms with Gasteiger partial charge in [-0.1, -0.05) is 35.3 Å². The molecule has 0 fully saturated rings. The lowest BCUT2D eigenvalue weighted by Crippen LogP contribution is -2.26. The fraction of sp³-hybridized carbons (Fsp3) is 0.250. The summed E-state index contributed by atoms with van der Waals surface area (Å²) < 4.78 is 29.7. The van der Waals surface area contributed by atoms with Crippen LogP contribution in [-0.2, 0) is 13.0 Å². The van der Waals surface area contributed by atoms with Crippen molar-refractivity contribution in [3.63, 3.8) is 0 Å². The summed E-state index contributed by atoms with van der Waals surface area (Å²) in [6.45, 7) is 3.84. The number of alkyl halides is 2. The van der Waals surface area contributed by atoms with E-state index in [4.69, 9.17) is 23.2 Å². The standard InChI is InChI=1S/C16H13Cl2F2N2/c1-2-13-15-10(5-6-16(13,19)20)8-21-22(15)9-11-3-4-12(17)7-14(11)18/h2-4,7-8H,1,5-6,9H2/b13-2-. The average molecular weight is 342 g/mol. The van der Waals surface area contributed by atoms with Crippen LogP contribution >= 0.6 is 23.2 Å². The molecule has 1 aliphatic carbocycles. The number of fused-ring (bicyclic) bond motifs is 1. The Bertz CT molecular complexity index is 751. The lowest BCUT2D eigenvalue weighted by atomic mass is 9.89. The maximum Gasteiger partial charge on any atom is 0.275 e. The van der Waals surface area contributed by atoms with Gasteiger partial charge in [0, 0.05) is 22.0 Å². The molecule has 3 rings (SSSR count). The monoisotopic (exact) mass is 341 g/mol. The highest BCUT2D eigenvalue weighted by atomic mass is 35.5. The van der Waals surface area contributed by atoms with Crippen LogP contribution in [0.4, 0.5) is 8.78 Å². The lowest BCUT2D eigenvalue weighted by molar-refractivity contribution is 0.0533. The Kier molecular flexibility index (Phi) is 4.00. The van der Waals surface area contributed by atoms with E-state index in [9.17, 15) is 8.78 Å². The van der Waals surface area contributed by atoms with Gasteiger partial charge in [0.15, 0.2) is 0 Å². The van der Waals surface area contributed by atoms with E-state index < -0.39 is 5.92 Å². The first-order valence-electron chi connectivity index (χ1n) is 6.79. The molecule has 115 valence electrons. The number of nitrogens with zero attached hydrogens (tertiary/aromatic N) is 2. The molecular formula is C16H13Cl2F2N2. The molecule has 0 amide bonds. The number of hydrogen-bond acceptors (Lipinski definition) is 1. The van der Waals surface area contributed by atoms with Crippen molar-refractivity contribution in [2.24, 2.45) is 0 Å². The van der Waals surface area contributed by atoms with Gasteiger partial charge in [0.05, 0.1) is 18.4 Å². The Hall–Kier alpha value is -1.39. The van der Waals surface area contributed by atoms with Crippen LogP contribution < -0.4 is 0 Å². The van der Waals surface area contributed by atoms with E-state index >= 15 is 0 Å². The summed E-state index contributed by atoms with van der Waals surface area (Å²) in [4.78, 5) is 0. The molecule has 1 aromatic carbocycles. The average Bonchev–Trinajstić information content (AvgIpc) is 2.84. The minimum Gasteiger partial charge on any atom is -0.260 e. The number of halogens is 4. The minimum absolute atomic E-state index is 0.0728. The SMILES string of the molecule is [CH2]/C=C1/c2c(cnn2Cc2ccc(Cl)cc2Cl)CCC1(F)F. The molecule has 0 saturated carbocycles. The van der Waals surface area contributed by atoms with Crippen molar-refractivity contribution in [1.29, 1.82) is 0 Å². The Morgan fingerprint density at radius 2 is 2.14 bits per heavy atom. The summed E-state index contributed by atoms with van der Waals surface area (Å²) in [6.07, 6.45) is 2.94. The molecule has 0 unspecified atom stereocenters. The second kappa shape index (κ2) is 5.67. The predicted octanol–water partition coefficient (Wildman–Crippen LogP) is 5.04. The molecule has 0 bridgehead atoms. The van der Waals surface area contributed by atoms with Crippen molar-refractivity contribution in [2.45, 2.75) is 25.3 Å². The number of hydrogen-bond donors (Lipinski definition) is 0. The van der Waals surface area contributed by atoms with E-state index in [0.29, 0.717) is 28.7 Å². The van der Waals surface area contributed by atoms with Gasteiger partial charge in [-0.25, -0.2) is 8.78 Å². The van der Waals surface area contributed by atoms with Crippen molar-refractivity contribution in [3.8, 4) is 0 Å². The van der Waals surface area contributed by atoms with E-state index in [1.54, 1.807) is 29.1 Å². The number of allylic oxidation sites excluding steroid dienone is 2. The van der Waals surface area contributed by atoms with Crippen molar-refractivity contribution in [1.82, 2.24) is 9.78 Å². The summed E-state index contributed by atoms with van der Waals surface area (Å²) in [7, 11) is 0. The molecule has 1 heterocycles. The molecule has 0 saturated heterocycles. The van der Waals surface area contributed by atoms with Gasteiger partial charge in [-0.2, -0.15) is 5.10 Å². The number of aryl methyl sites for hydroxylation is 1. The number of rotatable bonds is 2. The molecule has 0 N–H and O–H groups in total. The van der Waals surface area contributed by atoms with Gasteiger partial charge < -0.3 is 0 Å². The maximum absolute atomic E-state index is 14.1. The molecule has 1 aromatic heterocycles. The van der Waals surface area contributed by atoms with Gasteiger partial charge in [-0.15, -0.1) is 0 Å². The number of benzene rings is 1. The predicted molar refractivity (Wildman–Crippen MR) is 84.4 cm³/mol. The van der Waals surface area contributed by atoms with Crippen LogP contribution in [0.2, 0.25) is 10.0 Å². The first kappa shape index (κ1) is 15.5. The van der Waals surface area contributed by atoms with Crippen LogP contribution in [0.5, 0.6) is 0 Å². The van der Waals surface area contributed by atoms with E-state index in [2.05, 4.69) is 12.0 Å². The summed E-state index contributed by atoms with van der Waals surface area (Å²) in [6, 6.07) is 5.11. The molecule has 1 radical (unpaired) electrons. The van der Waals surface area contributed by atoms with Crippen LogP contribution in [0.15, 0.2) is 30.5 Å². The normalized spacial score (nSPS) is 18.5. The Labute approximate surface area is 137 Å². The van der Waals surface area contributed by atoms with Crippen molar-refractivity contribution < 1.29 is 8.78 Å². The zero-order valence-corrected chi connectivity index (χ0v) is 13.1. The zero-order chi connectivity index (χ0) is 15.9. The van der Waals surface area contributed by atoms with Crippen molar-refractivity contribution in [2.75, 3.05) is 0 Å². The molecule has 22 heavy (non-hydrogen) atoms. The Morgan fingerprint density at radius 3 is 2.82 bits per heavy atom. The lowest BCUT2D eigenvalue weighted by Gasteiger charge is -2.26. The van der Waals surface area contributed by atoms with Crippen LogP contribution in [0, 0.1) is 6.92 Å². The molecule has 0 spiro atoms. The first-order valence-corrected chi connectivity index (χ1v) is 7.54. The van der Waals surface area contributed by atoms with Crippen molar-refractivity contribution in [3.05, 3.63) is 64.3 Å². The second-order valence-corrected chi connectivity index (χ2v) is 6.08. The minimum atomic E-state index is -2.88. The number of aromatic nitrogens is 2. The first-order chi connectivity index (χ1) is 10.4. The van der Waals surface area contributed by atoms with Crippen molar-refractivity contribution >= 4 is 28.8 Å². The van der Waals surface area contributed by atoms with E-state index in [1.165, 1.54) is 6.08 Å². The summed E-state index contributed by atoms with van der Waals surface area (Å²) in [5.41, 5.74) is 1.95. The molecule has 2 nitrogen and oxygen atoms in total. The van der Waals surface area contributed by atoms with Gasteiger partial charge in [-0.3, -0.25) is 4.68 Å². The van der Waals surface area contributed by atoms with Gasteiger partial charge in [-0.05, 0) is 36.6 Å². The summed E-state index contributed by atoms with van der Waals surface area (Å²) in [5, 5.41) is 5.26. The molecule has 1 aliphatic rings. The highest BCUT2D eigenvalue weighted by Crippen LogP contribution is 2.42. The van der Waals surface area contributed by atoms with E-state index in [1.807, 2.05) is 0 Å². The second-order valence-electron chi connectivity index (χ2n) is 5.23. The molecule has 0 aliphatic heterocycles. The quantitative estimate of drug-likeness (QED) is 0.748. The largest absolute Gasteiger partial charge is 0.275 e. The zero-order valence-electron chi connectivity index (χ0n) is 11.6. The van der Waals surface area contributed by atoms with Crippen LogP contribution in [0.1, 0.15) is 23.2 Å². The third kappa shape index (κ3) is 2.66. The maximum atomic E-state index is 14.1. The van der Waals surface area contributed by atoms with Crippen LogP contribution in [0.3, 0.4) is 0 Å². The third-order valence-electron chi connectivity index (χ3n) is 3.81.